The molecule has 0 aliphatic carbocycles. The van der Waals surface area contributed by atoms with E-state index in [1.54, 1.807) is 0 Å². The van der Waals surface area contributed by atoms with E-state index in [1.807, 2.05) is 0 Å². The molecule has 0 saturated heterocycles. The molecule has 0 aromatic rings. The van der Waals surface area contributed by atoms with Gasteiger partial charge in [0.2, 0.25) is 0 Å². The Morgan fingerprint density at radius 2 is 0.461 bits per heavy atom. The first-order chi connectivity index (χ1) is 56.2. The zero-order valence-corrected chi connectivity index (χ0v) is 75.0. The highest BCUT2D eigenvalue weighted by atomic mass is 31.2. The van der Waals surface area contributed by atoms with Crippen molar-refractivity contribution in [3.05, 3.63) is 134 Å². The van der Waals surface area contributed by atoms with Crippen LogP contribution in [0.1, 0.15) is 406 Å². The number of hydrogen-bond acceptors (Lipinski definition) is 14. The van der Waals surface area contributed by atoms with Crippen LogP contribution in [0.5, 0.6) is 0 Å². The minimum atomic E-state index is -4.94. The Balaban J connectivity index is 4.43. The molecule has 4 N–H and O–H groups in total. The summed E-state index contributed by atoms with van der Waals surface area (Å²) in [6.45, 7) is 2.58. The van der Waals surface area contributed by atoms with Crippen molar-refractivity contribution in [1.29, 1.82) is 0 Å². The summed E-state index contributed by atoms with van der Waals surface area (Å²) in [6, 6.07) is 0. The molecule has 115 heavy (non-hydrogen) atoms. The maximum Gasteiger partial charge on any atom is 0.472 e. The minimum Gasteiger partial charge on any atom is -0.463 e. The van der Waals surface area contributed by atoms with Crippen LogP contribution < -0.4 is 0 Å². The second-order valence-corrected chi connectivity index (χ2v) is 34.0. The molecule has 18 heteroatoms. The molecule has 0 bridgehead atoms. The topological polar surface area (TPSA) is 231 Å². The fraction of sp³-hybridized carbons (Fsp3) is 0.742. The predicted octanol–water partition coefficient (Wildman–Crippen LogP) is 28.6. The SMILES string of the molecule is CC/C=C\C/C=C\C/C=C\C/C=C\C/C=C\C/C=C\CCCCCCCCCCCCC(=O)OCC(COP(=O)(O)OCC(O)COP(=O)(O)OCC(O)COC(=O)CCCCCCCCCCCCCCCCCCCCC/C=C\C/C=C\C/C=C\C/C=C\CCCCC)OC(=O)CCCCCCC/C=C\CCCCCCCC. The molecule has 0 rings (SSSR count). The van der Waals surface area contributed by atoms with Crippen molar-refractivity contribution in [3.8, 4) is 0 Å². The number of esters is 3. The molecule has 0 saturated carbocycles. The maximum absolute atomic E-state index is 13.0. The highest BCUT2D eigenvalue weighted by molar-refractivity contribution is 7.47. The fourth-order valence-corrected chi connectivity index (χ4v) is 14.4. The van der Waals surface area contributed by atoms with E-state index in [-0.39, 0.29) is 19.3 Å². The lowest BCUT2D eigenvalue weighted by molar-refractivity contribution is -0.161. The zero-order valence-electron chi connectivity index (χ0n) is 73.2. The molecule has 0 amide bonds. The van der Waals surface area contributed by atoms with E-state index in [2.05, 4.69) is 154 Å². The number of rotatable bonds is 88. The number of allylic oxidation sites excluding steroid dienone is 22. The van der Waals surface area contributed by atoms with Gasteiger partial charge in [0.15, 0.2) is 6.10 Å². The summed E-state index contributed by atoms with van der Waals surface area (Å²) in [6.07, 6.45) is 111. The lowest BCUT2D eigenvalue weighted by Gasteiger charge is -2.21. The van der Waals surface area contributed by atoms with Crippen LogP contribution in [0.3, 0.4) is 0 Å². The van der Waals surface area contributed by atoms with Crippen molar-refractivity contribution < 1.29 is 75.8 Å². The van der Waals surface area contributed by atoms with Crippen LogP contribution in [0.25, 0.3) is 0 Å². The molecule has 0 fully saturated rings. The predicted molar refractivity (Wildman–Crippen MR) is 482 cm³/mol. The Morgan fingerprint density at radius 3 is 0.757 bits per heavy atom. The van der Waals surface area contributed by atoms with Gasteiger partial charge in [0.05, 0.1) is 26.4 Å². The van der Waals surface area contributed by atoms with Crippen molar-refractivity contribution >= 4 is 33.6 Å². The van der Waals surface area contributed by atoms with Crippen LogP contribution in [0.2, 0.25) is 0 Å². The number of aliphatic hydroxyl groups excluding tert-OH is 2. The molecular weight excluding hydrogens is 1480 g/mol. The van der Waals surface area contributed by atoms with Crippen LogP contribution in [-0.4, -0.2) is 95.9 Å². The second-order valence-electron chi connectivity index (χ2n) is 31.1. The second kappa shape index (κ2) is 89.0. The Bertz CT molecular complexity index is 2620. The van der Waals surface area contributed by atoms with Crippen molar-refractivity contribution in [1.82, 2.24) is 0 Å². The lowest BCUT2D eigenvalue weighted by atomic mass is 10.0. The highest BCUT2D eigenvalue weighted by Gasteiger charge is 2.29. The van der Waals surface area contributed by atoms with E-state index in [0.29, 0.717) is 19.3 Å². The lowest BCUT2D eigenvalue weighted by Crippen LogP contribution is -2.30. The number of aliphatic hydroxyl groups is 2. The summed E-state index contributed by atoms with van der Waals surface area (Å²) in [7, 11) is -9.80. The van der Waals surface area contributed by atoms with E-state index in [0.717, 1.165) is 148 Å². The smallest absolute Gasteiger partial charge is 0.463 e. The van der Waals surface area contributed by atoms with Gasteiger partial charge in [-0.25, -0.2) is 9.13 Å². The van der Waals surface area contributed by atoms with Crippen LogP contribution in [0.4, 0.5) is 0 Å². The van der Waals surface area contributed by atoms with Gasteiger partial charge < -0.3 is 34.2 Å². The monoisotopic (exact) mass is 1650 g/mol. The molecule has 0 aliphatic heterocycles. The van der Waals surface area contributed by atoms with Crippen molar-refractivity contribution in [3.63, 3.8) is 0 Å². The number of phosphoric acid groups is 2. The van der Waals surface area contributed by atoms with Gasteiger partial charge in [0.25, 0.3) is 0 Å². The van der Waals surface area contributed by atoms with E-state index in [1.165, 1.54) is 199 Å². The number of hydrogen-bond donors (Lipinski definition) is 4. The largest absolute Gasteiger partial charge is 0.472 e. The number of ether oxygens (including phenoxy) is 3. The maximum atomic E-state index is 13.0. The third-order valence-corrected chi connectivity index (χ3v) is 21.7. The Kier molecular flexibility index (Phi) is 85.6. The van der Waals surface area contributed by atoms with Gasteiger partial charge in [0, 0.05) is 19.3 Å². The van der Waals surface area contributed by atoms with Crippen LogP contribution in [0.15, 0.2) is 134 Å². The zero-order chi connectivity index (χ0) is 83.6. The van der Waals surface area contributed by atoms with Crippen molar-refractivity contribution in [2.24, 2.45) is 0 Å². The normalized spacial score (nSPS) is 14.4. The minimum absolute atomic E-state index is 0.0932. The van der Waals surface area contributed by atoms with Gasteiger partial charge in [-0.2, -0.15) is 0 Å². The first kappa shape index (κ1) is 111. The van der Waals surface area contributed by atoms with Gasteiger partial charge in [-0.15, -0.1) is 0 Å². The fourth-order valence-electron chi connectivity index (χ4n) is 12.8. The quantitative estimate of drug-likeness (QED) is 0.0146. The first-order valence-electron chi connectivity index (χ1n) is 46.5. The Morgan fingerprint density at radius 1 is 0.252 bits per heavy atom. The van der Waals surface area contributed by atoms with Crippen molar-refractivity contribution in [2.75, 3.05) is 39.6 Å². The molecule has 16 nitrogen and oxygen atoms in total. The standard InChI is InChI=1S/C97H170O16P2/c1-4-7-10-13-16-19-22-25-28-30-32-34-36-38-40-42-43-44-45-46-47-49-51-52-54-56-58-60-63-65-68-71-74-77-80-83-95(100)107-86-92(98)87-109-114(103,104)110-88-93(99)89-111-115(105,106)112-91-94(113-97(102)85-82-79-76-73-70-67-62-27-24-21-18-15-12-9-6-3)90-108-96(101)84-81-78-75-72-69-66-64-61-59-57-55-53-50-48-41-39-37-35-33-31-29-26-23-20-17-14-11-8-5-2/h8,11,16-17,19-20,25-29,32-35,38-41,50,53,62,92-94,98-99H,4-7,9-10,12-15,18,21-24,30-31,36-37,42-49,51-52,54-61,63-91H2,1-3H3,(H,103,104)(H,105,106)/b11-8-,19-16-,20-17-,28-25-,29-26-,34-32-,35-33-,40-38-,41-39-,53-50-,62-27-. The molecule has 0 heterocycles. The average molecular weight is 1650 g/mol. The summed E-state index contributed by atoms with van der Waals surface area (Å²) < 4.78 is 61.4. The van der Waals surface area contributed by atoms with Crippen LogP contribution >= 0.6 is 15.6 Å². The molecular formula is C97H170O16P2. The molecule has 0 aliphatic rings. The molecule has 5 atom stereocenters. The van der Waals surface area contributed by atoms with Gasteiger partial charge in [-0.3, -0.25) is 32.5 Å². The van der Waals surface area contributed by atoms with Crippen LogP contribution in [-0.2, 0) is 55.8 Å². The third-order valence-electron chi connectivity index (χ3n) is 19.8. The summed E-state index contributed by atoms with van der Waals surface area (Å²) in [5.41, 5.74) is 0. The van der Waals surface area contributed by atoms with Gasteiger partial charge in [0.1, 0.15) is 25.4 Å². The highest BCUT2D eigenvalue weighted by Crippen LogP contribution is 2.45. The van der Waals surface area contributed by atoms with Crippen molar-refractivity contribution in [2.45, 2.75) is 424 Å². The molecule has 0 radical (unpaired) electrons. The summed E-state index contributed by atoms with van der Waals surface area (Å²) in [5, 5.41) is 20.7. The number of unbranched alkanes of at least 4 members (excludes halogenated alkanes) is 43. The summed E-state index contributed by atoms with van der Waals surface area (Å²) >= 11 is 0. The van der Waals surface area contributed by atoms with Crippen LogP contribution in [0, 0.1) is 0 Å². The van der Waals surface area contributed by atoms with E-state index < -0.39 is 91.5 Å². The van der Waals surface area contributed by atoms with Gasteiger partial charge in [-0.05, 0) is 141 Å². The van der Waals surface area contributed by atoms with Gasteiger partial charge >= 0.3 is 33.6 Å². The number of phosphoric ester groups is 2. The molecule has 664 valence electrons. The third kappa shape index (κ3) is 90.3. The van der Waals surface area contributed by atoms with E-state index in [9.17, 15) is 43.5 Å². The average Bonchev–Trinajstić information content (AvgIpc) is 0.898. The summed E-state index contributed by atoms with van der Waals surface area (Å²) in [5.74, 6) is -1.57. The molecule has 5 unspecified atom stereocenters. The summed E-state index contributed by atoms with van der Waals surface area (Å²) in [4.78, 5) is 58.9. The molecule has 0 spiro atoms. The van der Waals surface area contributed by atoms with E-state index >= 15 is 0 Å². The molecule has 0 aromatic heterocycles. The molecule has 0 aromatic carbocycles. The Labute approximate surface area is 703 Å². The van der Waals surface area contributed by atoms with E-state index in [4.69, 9.17) is 32.3 Å². The first-order valence-corrected chi connectivity index (χ1v) is 49.5. The number of carbonyl (C=O) groups excluding carboxylic acids is 3. The van der Waals surface area contributed by atoms with Gasteiger partial charge in [-0.1, -0.05) is 379 Å². The number of carbonyl (C=O) groups is 3. The Hall–Kier alpha value is -4.31.